The van der Waals surface area contributed by atoms with Gasteiger partial charge in [-0.2, -0.15) is 0 Å². The lowest BCUT2D eigenvalue weighted by Crippen LogP contribution is -2.43. The molecule has 0 fully saturated rings. The van der Waals surface area contributed by atoms with Crippen LogP contribution in [0.3, 0.4) is 0 Å². The van der Waals surface area contributed by atoms with Crippen molar-refractivity contribution in [2.24, 2.45) is 0 Å². The van der Waals surface area contributed by atoms with Gasteiger partial charge in [0.25, 0.3) is 0 Å². The van der Waals surface area contributed by atoms with E-state index in [0.29, 0.717) is 6.54 Å². The van der Waals surface area contributed by atoms with E-state index in [9.17, 15) is 0 Å². The predicted octanol–water partition coefficient (Wildman–Crippen LogP) is 0.679. The van der Waals surface area contributed by atoms with Crippen molar-refractivity contribution in [3.05, 3.63) is 24.3 Å². The maximum absolute atomic E-state index is 9.16. The highest BCUT2D eigenvalue weighted by Gasteiger charge is 2.22. The van der Waals surface area contributed by atoms with Gasteiger partial charge in [0, 0.05) is 17.9 Å². The summed E-state index contributed by atoms with van der Waals surface area (Å²) in [5, 5.41) is 9.16. The molecule has 0 amide bonds. The first kappa shape index (κ1) is 11.1. The van der Waals surface area contributed by atoms with Gasteiger partial charge in [-0.05, 0) is 27.0 Å². The van der Waals surface area contributed by atoms with Gasteiger partial charge in [0.1, 0.15) is 5.82 Å². The Hall–Kier alpha value is -1.00. The minimum Gasteiger partial charge on any atom is -0.394 e. The summed E-state index contributed by atoms with van der Waals surface area (Å²) in [6, 6.07) is 1.79. The molecule has 0 spiro atoms. The molecule has 0 bridgehead atoms. The first-order valence-corrected chi connectivity index (χ1v) is 4.64. The average molecular weight is 195 g/mol. The highest BCUT2D eigenvalue weighted by atomic mass is 16.3. The molecule has 1 rings (SSSR count). The van der Waals surface area contributed by atoms with E-state index in [1.807, 2.05) is 25.8 Å². The van der Waals surface area contributed by atoms with Crippen molar-refractivity contribution >= 4 is 0 Å². The molecule has 1 N–H and O–H groups in total. The van der Waals surface area contributed by atoms with Crippen LogP contribution in [0.25, 0.3) is 0 Å². The third-order valence-electron chi connectivity index (χ3n) is 2.42. The molecule has 0 atom stereocenters. The Balaban J connectivity index is 2.62. The number of hydrogen-bond acceptors (Lipinski definition) is 4. The second kappa shape index (κ2) is 4.48. The van der Waals surface area contributed by atoms with Crippen LogP contribution in [0.4, 0.5) is 0 Å². The van der Waals surface area contributed by atoms with Crippen LogP contribution in [-0.4, -0.2) is 39.2 Å². The van der Waals surface area contributed by atoms with Gasteiger partial charge in [0.15, 0.2) is 0 Å². The van der Waals surface area contributed by atoms with Gasteiger partial charge in [-0.3, -0.25) is 4.90 Å². The normalized spacial score (nSPS) is 12.1. The van der Waals surface area contributed by atoms with E-state index in [0.717, 1.165) is 5.82 Å². The molecule has 1 aromatic rings. The second-order valence-corrected chi connectivity index (χ2v) is 3.99. The van der Waals surface area contributed by atoms with E-state index in [1.54, 1.807) is 18.5 Å². The van der Waals surface area contributed by atoms with Gasteiger partial charge >= 0.3 is 0 Å². The molecule has 78 valence electrons. The predicted molar refractivity (Wildman–Crippen MR) is 54.7 cm³/mol. The molecule has 0 aromatic carbocycles. The number of rotatable bonds is 4. The van der Waals surface area contributed by atoms with Gasteiger partial charge < -0.3 is 5.11 Å². The minimum absolute atomic E-state index is 0.121. The summed E-state index contributed by atoms with van der Waals surface area (Å²) in [5.41, 5.74) is -0.237. The zero-order valence-electron chi connectivity index (χ0n) is 8.94. The van der Waals surface area contributed by atoms with Crippen molar-refractivity contribution in [2.75, 3.05) is 13.7 Å². The summed E-state index contributed by atoms with van der Waals surface area (Å²) in [6.45, 7) is 4.73. The Bertz CT molecular complexity index is 274. The van der Waals surface area contributed by atoms with Crippen molar-refractivity contribution in [3.63, 3.8) is 0 Å². The van der Waals surface area contributed by atoms with Crippen molar-refractivity contribution in [1.29, 1.82) is 0 Å². The third-order valence-corrected chi connectivity index (χ3v) is 2.42. The number of likely N-dealkylation sites (N-methyl/N-ethyl adjacent to an activating group) is 1. The molecule has 0 radical (unpaired) electrons. The Labute approximate surface area is 84.6 Å². The summed E-state index contributed by atoms with van der Waals surface area (Å²) in [6.07, 6.45) is 3.45. The van der Waals surface area contributed by atoms with E-state index < -0.39 is 0 Å². The van der Waals surface area contributed by atoms with Crippen molar-refractivity contribution in [3.8, 4) is 0 Å². The molecule has 0 aliphatic rings. The Morgan fingerprint density at radius 3 is 2.43 bits per heavy atom. The van der Waals surface area contributed by atoms with Crippen molar-refractivity contribution in [1.82, 2.24) is 14.9 Å². The van der Waals surface area contributed by atoms with E-state index >= 15 is 0 Å². The number of aliphatic hydroxyl groups is 1. The van der Waals surface area contributed by atoms with E-state index in [-0.39, 0.29) is 12.1 Å². The van der Waals surface area contributed by atoms with Crippen LogP contribution in [0.15, 0.2) is 18.5 Å². The Kier molecular flexibility index (Phi) is 3.55. The maximum atomic E-state index is 9.16. The van der Waals surface area contributed by atoms with E-state index in [4.69, 9.17) is 5.11 Å². The molecule has 14 heavy (non-hydrogen) atoms. The van der Waals surface area contributed by atoms with Crippen molar-refractivity contribution in [2.45, 2.75) is 25.9 Å². The molecule has 1 heterocycles. The first-order chi connectivity index (χ1) is 6.56. The topological polar surface area (TPSA) is 49.2 Å². The fourth-order valence-electron chi connectivity index (χ4n) is 0.958. The van der Waals surface area contributed by atoms with Crippen LogP contribution < -0.4 is 0 Å². The SMILES string of the molecule is CN(Cc1ncccn1)C(C)(C)CO. The number of hydrogen-bond donors (Lipinski definition) is 1. The van der Waals surface area contributed by atoms with Crippen LogP contribution in [-0.2, 0) is 6.54 Å². The quantitative estimate of drug-likeness (QED) is 0.767. The smallest absolute Gasteiger partial charge is 0.142 e. The lowest BCUT2D eigenvalue weighted by molar-refractivity contribution is 0.0714. The highest BCUT2D eigenvalue weighted by molar-refractivity contribution is 4.90. The zero-order chi connectivity index (χ0) is 10.6. The molecule has 4 heteroatoms. The largest absolute Gasteiger partial charge is 0.394 e. The molecule has 0 aliphatic heterocycles. The first-order valence-electron chi connectivity index (χ1n) is 4.64. The molecular formula is C10H17N3O. The monoisotopic (exact) mass is 195 g/mol. The minimum atomic E-state index is -0.237. The molecule has 0 unspecified atom stereocenters. The fourth-order valence-corrected chi connectivity index (χ4v) is 0.958. The Morgan fingerprint density at radius 1 is 1.36 bits per heavy atom. The van der Waals surface area contributed by atoms with Gasteiger partial charge in [-0.25, -0.2) is 9.97 Å². The van der Waals surface area contributed by atoms with Gasteiger partial charge in [-0.15, -0.1) is 0 Å². The number of nitrogens with zero attached hydrogens (tertiary/aromatic N) is 3. The number of aromatic nitrogens is 2. The molecule has 4 nitrogen and oxygen atoms in total. The summed E-state index contributed by atoms with van der Waals surface area (Å²) < 4.78 is 0. The molecule has 0 saturated carbocycles. The van der Waals surface area contributed by atoms with Crippen LogP contribution >= 0.6 is 0 Å². The Morgan fingerprint density at radius 2 is 1.93 bits per heavy atom. The fraction of sp³-hybridized carbons (Fsp3) is 0.600. The van der Waals surface area contributed by atoms with Crippen LogP contribution in [0.5, 0.6) is 0 Å². The van der Waals surface area contributed by atoms with E-state index in [1.165, 1.54) is 0 Å². The molecule has 1 aromatic heterocycles. The molecule has 0 aliphatic carbocycles. The lowest BCUT2D eigenvalue weighted by atomic mass is 10.1. The third kappa shape index (κ3) is 2.75. The maximum Gasteiger partial charge on any atom is 0.142 e. The number of aliphatic hydroxyl groups excluding tert-OH is 1. The van der Waals surface area contributed by atoms with Gasteiger partial charge in [0.2, 0.25) is 0 Å². The van der Waals surface area contributed by atoms with Gasteiger partial charge in [-0.1, -0.05) is 0 Å². The zero-order valence-corrected chi connectivity index (χ0v) is 8.94. The van der Waals surface area contributed by atoms with Crippen LogP contribution in [0.1, 0.15) is 19.7 Å². The second-order valence-electron chi connectivity index (χ2n) is 3.99. The lowest BCUT2D eigenvalue weighted by Gasteiger charge is -2.33. The summed E-state index contributed by atoms with van der Waals surface area (Å²) in [5.74, 6) is 0.775. The van der Waals surface area contributed by atoms with Gasteiger partial charge in [0.05, 0.1) is 13.2 Å². The molecular weight excluding hydrogens is 178 g/mol. The summed E-state index contributed by atoms with van der Waals surface area (Å²) >= 11 is 0. The highest BCUT2D eigenvalue weighted by Crippen LogP contribution is 2.12. The summed E-state index contributed by atoms with van der Waals surface area (Å²) in [7, 11) is 1.95. The average Bonchev–Trinajstić information content (AvgIpc) is 2.19. The van der Waals surface area contributed by atoms with E-state index in [2.05, 4.69) is 9.97 Å². The standard InChI is InChI=1S/C10H17N3O/c1-10(2,8-14)13(3)7-9-11-5-4-6-12-9/h4-6,14H,7-8H2,1-3H3. The van der Waals surface area contributed by atoms with Crippen LogP contribution in [0.2, 0.25) is 0 Å². The molecule has 0 saturated heterocycles. The summed E-state index contributed by atoms with van der Waals surface area (Å²) in [4.78, 5) is 10.3. The van der Waals surface area contributed by atoms with Crippen molar-refractivity contribution < 1.29 is 5.11 Å². The van der Waals surface area contributed by atoms with Crippen LogP contribution in [0, 0.1) is 0 Å².